The first-order valence-electron chi connectivity index (χ1n) is 5.08. The van der Waals surface area contributed by atoms with Crippen LogP contribution in [-0.2, 0) is 5.54 Å². The highest BCUT2D eigenvalue weighted by molar-refractivity contribution is 5.73. The summed E-state index contributed by atoms with van der Waals surface area (Å²) in [5.41, 5.74) is 4.14. The number of hydrogen-bond acceptors (Lipinski definition) is 5. The molecule has 0 saturated carbocycles. The van der Waals surface area contributed by atoms with Crippen molar-refractivity contribution in [2.24, 2.45) is 0 Å². The van der Waals surface area contributed by atoms with Gasteiger partial charge in [0.2, 0.25) is 5.95 Å². The Kier molecular flexibility index (Phi) is 2.27. The number of imidazole rings is 1. The fourth-order valence-corrected chi connectivity index (χ4v) is 1.60. The van der Waals surface area contributed by atoms with Crippen molar-refractivity contribution < 1.29 is 0 Å². The molecule has 0 radical (unpaired) electrons. The summed E-state index contributed by atoms with van der Waals surface area (Å²) in [6, 6.07) is 0. The number of rotatable bonds is 0. The predicted molar refractivity (Wildman–Crippen MR) is 63.8 cm³/mol. The largest absolute Gasteiger partial charge is 0.369 e. The maximum absolute atomic E-state index is 11.9. The van der Waals surface area contributed by atoms with Gasteiger partial charge in [-0.05, 0) is 20.8 Å². The maximum Gasteiger partial charge on any atom is 0.301 e. The number of nitrogens with two attached hydrogens (primary N) is 1. The summed E-state index contributed by atoms with van der Waals surface area (Å²) < 4.78 is 1.63. The Balaban J connectivity index is 3.06. The number of H-pyrrole nitrogens is 1. The number of aromatic amines is 1. The van der Waals surface area contributed by atoms with Crippen LogP contribution in [-0.4, -0.2) is 19.5 Å². The second kappa shape index (κ2) is 3.41. The maximum atomic E-state index is 11.9. The summed E-state index contributed by atoms with van der Waals surface area (Å²) >= 11 is 0. The van der Waals surface area contributed by atoms with E-state index in [4.69, 9.17) is 5.73 Å². The summed E-state index contributed by atoms with van der Waals surface area (Å²) in [4.78, 5) is 33.4. The molecule has 0 bridgehead atoms. The van der Waals surface area contributed by atoms with Gasteiger partial charge < -0.3 is 10.3 Å². The van der Waals surface area contributed by atoms with E-state index >= 15 is 0 Å². The molecule has 3 N–H and O–H groups in total. The number of nitrogens with zero attached hydrogens (tertiary/aromatic N) is 3. The van der Waals surface area contributed by atoms with Crippen molar-refractivity contribution in [3.8, 4) is 0 Å². The van der Waals surface area contributed by atoms with Gasteiger partial charge in [-0.3, -0.25) is 14.6 Å². The highest BCUT2D eigenvalue weighted by Crippen LogP contribution is 2.17. The van der Waals surface area contributed by atoms with Gasteiger partial charge in [-0.25, -0.2) is 4.98 Å². The Bertz CT molecular complexity index is 692. The van der Waals surface area contributed by atoms with Gasteiger partial charge >= 0.3 is 5.56 Å². The highest BCUT2D eigenvalue weighted by atomic mass is 16.1. The summed E-state index contributed by atoms with van der Waals surface area (Å²) in [5.74, 6) is -0.210. The van der Waals surface area contributed by atoms with Crippen LogP contribution in [0.25, 0.3) is 11.0 Å². The lowest BCUT2D eigenvalue weighted by molar-refractivity contribution is 0.407. The van der Waals surface area contributed by atoms with Crippen molar-refractivity contribution in [3.05, 3.63) is 27.0 Å². The van der Waals surface area contributed by atoms with E-state index in [0.29, 0.717) is 0 Å². The quantitative estimate of drug-likeness (QED) is 0.658. The van der Waals surface area contributed by atoms with Crippen LogP contribution in [0.2, 0.25) is 0 Å². The standard InChI is InChI=1S/C10H13N5O2/c1-10(2,3)15-4-12-5-6(15)8(17)14-9(11)13-7(5)16/h4H,1-3H3,(H3,11,13,14,16,17). The van der Waals surface area contributed by atoms with Crippen LogP contribution < -0.4 is 16.9 Å². The van der Waals surface area contributed by atoms with E-state index in [2.05, 4.69) is 15.0 Å². The average molecular weight is 235 g/mol. The van der Waals surface area contributed by atoms with Crippen molar-refractivity contribution in [1.82, 2.24) is 19.5 Å². The lowest BCUT2D eigenvalue weighted by Gasteiger charge is -2.20. The molecule has 0 fully saturated rings. The molecule has 2 aromatic heterocycles. The molecule has 2 rings (SSSR count). The van der Waals surface area contributed by atoms with Crippen molar-refractivity contribution in [1.29, 1.82) is 0 Å². The highest BCUT2D eigenvalue weighted by Gasteiger charge is 2.19. The third-order valence-electron chi connectivity index (χ3n) is 2.37. The smallest absolute Gasteiger partial charge is 0.301 e. The Hall–Kier alpha value is -2.18. The summed E-state index contributed by atoms with van der Waals surface area (Å²) in [7, 11) is 0. The van der Waals surface area contributed by atoms with Gasteiger partial charge in [-0.15, -0.1) is 0 Å². The fraction of sp³-hybridized carbons (Fsp3) is 0.400. The molecule has 0 unspecified atom stereocenters. The molecule has 0 atom stereocenters. The van der Waals surface area contributed by atoms with Crippen LogP contribution in [0.3, 0.4) is 0 Å². The monoisotopic (exact) mass is 235 g/mol. The van der Waals surface area contributed by atoms with Gasteiger partial charge in [-0.2, -0.15) is 4.98 Å². The van der Waals surface area contributed by atoms with Crippen molar-refractivity contribution in [2.45, 2.75) is 26.3 Å². The van der Waals surface area contributed by atoms with Crippen LogP contribution in [0.15, 0.2) is 15.9 Å². The van der Waals surface area contributed by atoms with E-state index in [0.717, 1.165) is 0 Å². The summed E-state index contributed by atoms with van der Waals surface area (Å²) in [6.07, 6.45) is 1.46. The van der Waals surface area contributed by atoms with Gasteiger partial charge in [0.1, 0.15) is 5.52 Å². The van der Waals surface area contributed by atoms with Gasteiger partial charge in [0.05, 0.1) is 6.33 Å². The Morgan fingerprint density at radius 1 is 1.35 bits per heavy atom. The van der Waals surface area contributed by atoms with Crippen molar-refractivity contribution >= 4 is 17.0 Å². The van der Waals surface area contributed by atoms with Crippen LogP contribution in [0.1, 0.15) is 20.8 Å². The molecule has 7 heteroatoms. The number of nitrogens with one attached hydrogen (secondary N) is 1. The Labute approximate surface area is 96.3 Å². The van der Waals surface area contributed by atoms with E-state index in [1.54, 1.807) is 4.57 Å². The topological polar surface area (TPSA) is 107 Å². The van der Waals surface area contributed by atoms with Gasteiger partial charge in [0.15, 0.2) is 5.52 Å². The molecule has 0 aliphatic rings. The fourth-order valence-electron chi connectivity index (χ4n) is 1.60. The number of aromatic nitrogens is 4. The number of fused-ring (bicyclic) bond motifs is 1. The second-order valence-corrected chi connectivity index (χ2v) is 4.74. The molecule has 0 amide bonds. The van der Waals surface area contributed by atoms with Crippen LogP contribution in [0, 0.1) is 0 Å². The van der Waals surface area contributed by atoms with Crippen LogP contribution >= 0.6 is 0 Å². The van der Waals surface area contributed by atoms with E-state index in [-0.39, 0.29) is 22.5 Å². The Morgan fingerprint density at radius 2 is 2.00 bits per heavy atom. The third-order valence-corrected chi connectivity index (χ3v) is 2.37. The average Bonchev–Trinajstić information content (AvgIpc) is 2.55. The van der Waals surface area contributed by atoms with E-state index in [1.165, 1.54) is 6.33 Å². The van der Waals surface area contributed by atoms with Gasteiger partial charge in [-0.1, -0.05) is 0 Å². The molecule has 0 saturated heterocycles. The van der Waals surface area contributed by atoms with Crippen molar-refractivity contribution in [3.63, 3.8) is 0 Å². The minimum absolute atomic E-state index is 0.0258. The molecule has 90 valence electrons. The molecule has 0 spiro atoms. The minimum Gasteiger partial charge on any atom is -0.369 e. The lowest BCUT2D eigenvalue weighted by atomic mass is 10.1. The lowest BCUT2D eigenvalue weighted by Crippen LogP contribution is -2.24. The molecule has 17 heavy (non-hydrogen) atoms. The first-order valence-corrected chi connectivity index (χ1v) is 5.08. The molecule has 2 aromatic rings. The molecule has 7 nitrogen and oxygen atoms in total. The summed E-state index contributed by atoms with van der Waals surface area (Å²) in [6.45, 7) is 5.71. The van der Waals surface area contributed by atoms with E-state index in [9.17, 15) is 9.59 Å². The number of nitrogen functional groups attached to an aromatic ring is 1. The minimum atomic E-state index is -0.612. The predicted octanol–water partition coefficient (Wildman–Crippen LogP) is -0.183. The molecular weight excluding hydrogens is 222 g/mol. The second-order valence-electron chi connectivity index (χ2n) is 4.74. The van der Waals surface area contributed by atoms with Crippen LogP contribution in [0.4, 0.5) is 5.95 Å². The van der Waals surface area contributed by atoms with E-state index < -0.39 is 11.1 Å². The zero-order valence-corrected chi connectivity index (χ0v) is 9.81. The molecule has 0 aromatic carbocycles. The molecular formula is C10H13N5O2. The van der Waals surface area contributed by atoms with Crippen LogP contribution in [0.5, 0.6) is 0 Å². The zero-order chi connectivity index (χ0) is 12.8. The normalized spacial score (nSPS) is 11.9. The molecule has 0 aliphatic heterocycles. The van der Waals surface area contributed by atoms with Crippen molar-refractivity contribution in [2.75, 3.05) is 5.73 Å². The SMILES string of the molecule is CC(C)(C)n1cnc2c(=O)nc(N)[nH]c(=O)c21. The van der Waals surface area contributed by atoms with E-state index in [1.807, 2.05) is 20.8 Å². The molecule has 0 aliphatic carbocycles. The zero-order valence-electron chi connectivity index (χ0n) is 9.81. The number of hydrogen-bond donors (Lipinski definition) is 2. The first-order chi connectivity index (χ1) is 7.80. The van der Waals surface area contributed by atoms with Gasteiger partial charge in [0.25, 0.3) is 5.56 Å². The number of anilines is 1. The molecule has 2 heterocycles. The van der Waals surface area contributed by atoms with Gasteiger partial charge in [0, 0.05) is 5.54 Å². The first kappa shape index (κ1) is 11.3. The Morgan fingerprint density at radius 3 is 2.59 bits per heavy atom. The third kappa shape index (κ3) is 1.79. The summed E-state index contributed by atoms with van der Waals surface area (Å²) in [5, 5.41) is 0.